The van der Waals surface area contributed by atoms with E-state index in [0.717, 1.165) is 6.20 Å². The number of aliphatic hydroxyl groups excluding tert-OH is 1. The average molecular weight is 263 g/mol. The molecule has 1 aromatic heterocycles. The largest absolute Gasteiger partial charge is 0.394 e. The van der Waals surface area contributed by atoms with E-state index in [1.807, 2.05) is 0 Å². The van der Waals surface area contributed by atoms with Crippen LogP contribution in [0.5, 0.6) is 0 Å². The first-order valence-corrected chi connectivity index (χ1v) is 6.53. The number of nitrogens with two attached hydrogens (primary N) is 1. The molecule has 1 saturated heterocycles. The quantitative estimate of drug-likeness (QED) is 0.796. The molecule has 2 heterocycles. The van der Waals surface area contributed by atoms with Crippen molar-refractivity contribution in [3.63, 3.8) is 0 Å². The molecule has 0 aliphatic carbocycles. The highest BCUT2D eigenvalue weighted by Gasteiger charge is 2.28. The van der Waals surface area contributed by atoms with Crippen LogP contribution in [0, 0.1) is 5.82 Å². The molecule has 1 aliphatic rings. The van der Waals surface area contributed by atoms with Gasteiger partial charge < -0.3 is 10.8 Å². The van der Waals surface area contributed by atoms with Crippen LogP contribution in [0.4, 0.5) is 10.2 Å². The molecule has 0 bridgehead atoms. The molecule has 88 valence electrons. The van der Waals surface area contributed by atoms with Crippen molar-refractivity contribution >= 4 is 29.3 Å². The SMILES string of the molecule is Nc1nc(=O)n([C@H]2CS[C@@H](CO)S2)cc1F. The summed E-state index contributed by atoms with van der Waals surface area (Å²) in [6.07, 6.45) is 1.07. The molecule has 5 nitrogen and oxygen atoms in total. The molecular weight excluding hydrogens is 253 g/mol. The van der Waals surface area contributed by atoms with Crippen molar-refractivity contribution in [3.05, 3.63) is 22.5 Å². The molecule has 0 radical (unpaired) electrons. The Hall–Kier alpha value is -0.730. The van der Waals surface area contributed by atoms with E-state index < -0.39 is 11.5 Å². The number of anilines is 1. The van der Waals surface area contributed by atoms with E-state index >= 15 is 0 Å². The zero-order valence-corrected chi connectivity index (χ0v) is 9.80. The van der Waals surface area contributed by atoms with Crippen LogP contribution in [0.3, 0.4) is 0 Å². The smallest absolute Gasteiger partial charge is 0.350 e. The molecule has 2 atom stereocenters. The lowest BCUT2D eigenvalue weighted by Crippen LogP contribution is -2.27. The number of hydrogen-bond donors (Lipinski definition) is 2. The lowest BCUT2D eigenvalue weighted by Gasteiger charge is -2.12. The summed E-state index contributed by atoms with van der Waals surface area (Å²) < 4.78 is 14.4. The Labute approximate surface area is 99.2 Å². The molecule has 2 rings (SSSR count). The molecular formula is C8H10FN3O2S2. The van der Waals surface area contributed by atoms with Crippen molar-refractivity contribution in [1.29, 1.82) is 0 Å². The fourth-order valence-electron chi connectivity index (χ4n) is 1.35. The Morgan fingerprint density at radius 2 is 2.50 bits per heavy atom. The fourth-order valence-corrected chi connectivity index (χ4v) is 4.20. The summed E-state index contributed by atoms with van der Waals surface area (Å²) in [7, 11) is 0. The summed E-state index contributed by atoms with van der Waals surface area (Å²) in [6, 6.07) is 0. The highest BCUT2D eigenvalue weighted by Crippen LogP contribution is 2.43. The molecule has 0 amide bonds. The fraction of sp³-hybridized carbons (Fsp3) is 0.500. The van der Waals surface area contributed by atoms with Crippen molar-refractivity contribution in [2.75, 3.05) is 18.1 Å². The Bertz CT molecular complexity index is 453. The Balaban J connectivity index is 2.28. The lowest BCUT2D eigenvalue weighted by atomic mass is 10.5. The molecule has 1 aliphatic heterocycles. The van der Waals surface area contributed by atoms with Crippen LogP contribution in [0.15, 0.2) is 11.0 Å². The van der Waals surface area contributed by atoms with Crippen molar-refractivity contribution in [2.24, 2.45) is 0 Å². The summed E-state index contributed by atoms with van der Waals surface area (Å²) in [5.74, 6) is -0.436. The third kappa shape index (κ3) is 2.18. The van der Waals surface area contributed by atoms with Crippen LogP contribution in [0.1, 0.15) is 5.37 Å². The second-order valence-electron chi connectivity index (χ2n) is 3.20. The third-order valence-electron chi connectivity index (χ3n) is 2.13. The summed E-state index contributed by atoms with van der Waals surface area (Å²) in [4.78, 5) is 14.9. The minimum absolute atomic E-state index is 0.0255. The molecule has 1 fully saturated rings. The number of nitrogen functional groups attached to an aromatic ring is 1. The molecule has 0 unspecified atom stereocenters. The van der Waals surface area contributed by atoms with Gasteiger partial charge in [0.2, 0.25) is 0 Å². The Kier molecular flexibility index (Phi) is 3.41. The van der Waals surface area contributed by atoms with Crippen molar-refractivity contribution in [3.8, 4) is 0 Å². The van der Waals surface area contributed by atoms with Gasteiger partial charge in [-0.25, -0.2) is 9.18 Å². The van der Waals surface area contributed by atoms with E-state index in [-0.39, 0.29) is 22.4 Å². The maximum absolute atomic E-state index is 13.2. The van der Waals surface area contributed by atoms with Gasteiger partial charge >= 0.3 is 5.69 Å². The monoisotopic (exact) mass is 263 g/mol. The molecule has 8 heteroatoms. The number of halogens is 1. The Morgan fingerprint density at radius 1 is 1.75 bits per heavy atom. The topological polar surface area (TPSA) is 81.1 Å². The van der Waals surface area contributed by atoms with Crippen LogP contribution in [-0.4, -0.2) is 31.6 Å². The van der Waals surface area contributed by atoms with Gasteiger partial charge in [-0.05, 0) is 0 Å². The minimum Gasteiger partial charge on any atom is -0.394 e. The third-order valence-corrected chi connectivity index (χ3v) is 5.27. The Morgan fingerprint density at radius 3 is 3.12 bits per heavy atom. The standard InChI is InChI=1S/C8H10FN3O2S2/c9-4-1-12(8(14)11-7(4)10)5-3-15-6(2-13)16-5/h1,5-6,13H,2-3H2,(H2,10,11,14)/t5-,6-/m1/s1. The summed E-state index contributed by atoms with van der Waals surface area (Å²) in [5, 5.41) is 8.76. The van der Waals surface area contributed by atoms with E-state index in [0.29, 0.717) is 5.75 Å². The van der Waals surface area contributed by atoms with Gasteiger partial charge in [0, 0.05) is 11.9 Å². The number of aliphatic hydroxyl groups is 1. The zero-order valence-electron chi connectivity index (χ0n) is 8.17. The maximum Gasteiger partial charge on any atom is 0.350 e. The molecule has 3 N–H and O–H groups in total. The number of thioether (sulfide) groups is 2. The predicted octanol–water partition coefficient (Wildman–Crippen LogP) is 0.262. The average Bonchev–Trinajstić information content (AvgIpc) is 2.71. The van der Waals surface area contributed by atoms with E-state index in [4.69, 9.17) is 10.8 Å². The predicted molar refractivity (Wildman–Crippen MR) is 62.8 cm³/mol. The number of rotatable bonds is 2. The van der Waals surface area contributed by atoms with Gasteiger partial charge in [-0.2, -0.15) is 4.98 Å². The summed E-state index contributed by atoms with van der Waals surface area (Å²) in [6.45, 7) is 0.0332. The van der Waals surface area contributed by atoms with Gasteiger partial charge in [0.05, 0.1) is 16.6 Å². The number of hydrogen-bond acceptors (Lipinski definition) is 6. The first kappa shape index (κ1) is 11.7. The van der Waals surface area contributed by atoms with Gasteiger partial charge in [-0.15, -0.1) is 23.5 Å². The molecule has 0 saturated carbocycles. The number of nitrogens with zero attached hydrogens (tertiary/aromatic N) is 2. The van der Waals surface area contributed by atoms with E-state index in [1.165, 1.54) is 28.1 Å². The van der Waals surface area contributed by atoms with Crippen LogP contribution < -0.4 is 11.4 Å². The summed E-state index contributed by atoms with van der Waals surface area (Å²) >= 11 is 2.96. The molecule has 0 spiro atoms. The molecule has 16 heavy (non-hydrogen) atoms. The normalized spacial score (nSPS) is 24.9. The van der Waals surface area contributed by atoms with Crippen LogP contribution >= 0.6 is 23.5 Å². The van der Waals surface area contributed by atoms with Gasteiger partial charge in [0.25, 0.3) is 0 Å². The maximum atomic E-state index is 13.2. The number of aromatic nitrogens is 2. The zero-order chi connectivity index (χ0) is 11.7. The first-order chi connectivity index (χ1) is 7.61. The first-order valence-electron chi connectivity index (χ1n) is 4.54. The minimum atomic E-state index is -0.697. The van der Waals surface area contributed by atoms with Crippen LogP contribution in [0.2, 0.25) is 0 Å². The van der Waals surface area contributed by atoms with Gasteiger partial charge in [0.15, 0.2) is 11.6 Å². The second kappa shape index (κ2) is 4.64. The van der Waals surface area contributed by atoms with E-state index in [1.54, 1.807) is 0 Å². The van der Waals surface area contributed by atoms with E-state index in [2.05, 4.69) is 4.98 Å². The lowest BCUT2D eigenvalue weighted by molar-refractivity contribution is 0.316. The summed E-state index contributed by atoms with van der Waals surface area (Å²) in [5.41, 5.74) is 4.63. The molecule has 1 aromatic rings. The van der Waals surface area contributed by atoms with E-state index in [9.17, 15) is 9.18 Å². The van der Waals surface area contributed by atoms with Crippen LogP contribution in [-0.2, 0) is 0 Å². The highest BCUT2D eigenvalue weighted by molar-refractivity contribution is 8.20. The van der Waals surface area contributed by atoms with Crippen LogP contribution in [0.25, 0.3) is 0 Å². The second-order valence-corrected chi connectivity index (χ2v) is 6.12. The molecule has 0 aromatic carbocycles. The van der Waals surface area contributed by atoms with Gasteiger partial charge in [-0.1, -0.05) is 0 Å². The van der Waals surface area contributed by atoms with Gasteiger partial charge in [0.1, 0.15) is 0 Å². The highest BCUT2D eigenvalue weighted by atomic mass is 32.2. The van der Waals surface area contributed by atoms with Gasteiger partial charge in [-0.3, -0.25) is 4.57 Å². The van der Waals surface area contributed by atoms with Crippen molar-refractivity contribution in [2.45, 2.75) is 9.96 Å². The van der Waals surface area contributed by atoms with Crippen molar-refractivity contribution < 1.29 is 9.50 Å². The van der Waals surface area contributed by atoms with Crippen molar-refractivity contribution in [1.82, 2.24) is 9.55 Å².